The summed E-state index contributed by atoms with van der Waals surface area (Å²) in [6.45, 7) is 0.811. The fourth-order valence-corrected chi connectivity index (χ4v) is 1.72. The van der Waals surface area contributed by atoms with Gasteiger partial charge in [-0.25, -0.2) is 0 Å². The van der Waals surface area contributed by atoms with Crippen molar-refractivity contribution in [2.24, 2.45) is 0 Å². The first-order valence-electron chi connectivity index (χ1n) is 6.44. The summed E-state index contributed by atoms with van der Waals surface area (Å²) in [5.41, 5.74) is 0. The Balaban J connectivity index is 2.87. The second-order valence-corrected chi connectivity index (χ2v) is 4.15. The zero-order valence-corrected chi connectivity index (χ0v) is 10.2. The van der Waals surface area contributed by atoms with Gasteiger partial charge in [0.2, 0.25) is 6.41 Å². The molecule has 0 aromatic rings. The summed E-state index contributed by atoms with van der Waals surface area (Å²) in [4.78, 5) is 19.9. The second kappa shape index (κ2) is 14.1. The van der Waals surface area contributed by atoms with Crippen molar-refractivity contribution in [3.05, 3.63) is 0 Å². The Morgan fingerprint density at radius 2 is 1.31 bits per heavy atom. The van der Waals surface area contributed by atoms with Gasteiger partial charge < -0.3 is 5.32 Å². The molecule has 0 bridgehead atoms. The average Bonchev–Trinajstić information content (AvgIpc) is 2.31. The molecule has 16 heavy (non-hydrogen) atoms. The first-order chi connectivity index (χ1) is 7.91. The molecule has 1 radical (unpaired) electrons. The molecule has 0 spiro atoms. The van der Waals surface area contributed by atoms with Gasteiger partial charge in [-0.1, -0.05) is 44.9 Å². The van der Waals surface area contributed by atoms with Crippen LogP contribution in [0.1, 0.15) is 64.2 Å². The molecule has 0 aliphatic carbocycles. The van der Waals surface area contributed by atoms with Crippen molar-refractivity contribution in [2.75, 3.05) is 6.54 Å². The smallest absolute Gasteiger partial charge is 0.207 e. The van der Waals surface area contributed by atoms with Gasteiger partial charge in [-0.15, -0.1) is 0 Å². The van der Waals surface area contributed by atoms with E-state index in [9.17, 15) is 9.59 Å². The lowest BCUT2D eigenvalue weighted by atomic mass is 10.1. The van der Waals surface area contributed by atoms with Gasteiger partial charge in [-0.3, -0.25) is 9.59 Å². The number of nitrogens with one attached hydrogen (secondary N) is 1. The second-order valence-electron chi connectivity index (χ2n) is 4.15. The van der Waals surface area contributed by atoms with Crippen LogP contribution in [0.25, 0.3) is 0 Å². The van der Waals surface area contributed by atoms with E-state index in [4.69, 9.17) is 0 Å². The highest BCUT2D eigenvalue weighted by molar-refractivity contribution is 5.50. The molecule has 3 heteroatoms. The Morgan fingerprint density at radius 3 is 1.81 bits per heavy atom. The third kappa shape index (κ3) is 13.1. The Labute approximate surface area is 99.0 Å². The van der Waals surface area contributed by atoms with Gasteiger partial charge in [0.15, 0.2) is 6.29 Å². The van der Waals surface area contributed by atoms with Crippen molar-refractivity contribution in [1.82, 2.24) is 5.32 Å². The molecule has 3 nitrogen and oxygen atoms in total. The largest absolute Gasteiger partial charge is 0.359 e. The molecule has 0 heterocycles. The zero-order chi connectivity index (χ0) is 11.9. The van der Waals surface area contributed by atoms with Crippen LogP contribution < -0.4 is 5.32 Å². The van der Waals surface area contributed by atoms with Crippen molar-refractivity contribution in [3.63, 3.8) is 0 Å². The molecule has 1 amide bonds. The summed E-state index contributed by atoms with van der Waals surface area (Å²) < 4.78 is 0. The van der Waals surface area contributed by atoms with Crippen LogP contribution in [0, 0.1) is 0 Å². The standard InChI is InChI=1S/C13H24NO2/c15-12-10-8-6-4-2-1-3-5-7-9-11-14-13-16/h13H,1-11H2,(H,14,16). The van der Waals surface area contributed by atoms with E-state index < -0.39 is 0 Å². The van der Waals surface area contributed by atoms with Crippen LogP contribution in [-0.4, -0.2) is 19.2 Å². The van der Waals surface area contributed by atoms with E-state index in [1.165, 1.54) is 44.9 Å². The molecule has 0 fully saturated rings. The number of hydrogen-bond acceptors (Lipinski definition) is 2. The quantitative estimate of drug-likeness (QED) is 0.388. The van der Waals surface area contributed by atoms with Crippen molar-refractivity contribution in [2.45, 2.75) is 64.2 Å². The molecule has 1 N–H and O–H groups in total. The molecule has 0 aromatic carbocycles. The van der Waals surface area contributed by atoms with Gasteiger partial charge >= 0.3 is 0 Å². The van der Waals surface area contributed by atoms with Crippen LogP contribution in [0.4, 0.5) is 0 Å². The third-order valence-electron chi connectivity index (χ3n) is 2.68. The van der Waals surface area contributed by atoms with Crippen LogP contribution in [0.2, 0.25) is 0 Å². The van der Waals surface area contributed by atoms with E-state index in [0.29, 0.717) is 6.42 Å². The van der Waals surface area contributed by atoms with Gasteiger partial charge in [-0.05, 0) is 12.8 Å². The van der Waals surface area contributed by atoms with Gasteiger partial charge in [0, 0.05) is 13.0 Å². The van der Waals surface area contributed by atoms with E-state index in [0.717, 1.165) is 25.8 Å². The Kier molecular flexibility index (Phi) is 13.4. The predicted octanol–water partition coefficient (Wildman–Crippen LogP) is 2.74. The van der Waals surface area contributed by atoms with Gasteiger partial charge in [0.05, 0.1) is 0 Å². The molecule has 0 unspecified atom stereocenters. The minimum atomic E-state index is 0.601. The molecular formula is C13H24NO2. The number of hydrogen-bond donors (Lipinski definition) is 1. The normalized spacial score (nSPS) is 10.0. The van der Waals surface area contributed by atoms with Crippen molar-refractivity contribution in [3.8, 4) is 0 Å². The maximum atomic E-state index is 9.95. The van der Waals surface area contributed by atoms with E-state index in [-0.39, 0.29) is 0 Å². The van der Waals surface area contributed by atoms with Gasteiger partial charge in [0.1, 0.15) is 0 Å². The van der Waals surface area contributed by atoms with Crippen LogP contribution in [0.15, 0.2) is 0 Å². The first kappa shape index (κ1) is 15.1. The zero-order valence-electron chi connectivity index (χ0n) is 10.2. The number of amides is 1. The Bertz CT molecular complexity index is 142. The monoisotopic (exact) mass is 226 g/mol. The molecule has 0 saturated carbocycles. The van der Waals surface area contributed by atoms with Crippen LogP contribution in [0.5, 0.6) is 0 Å². The van der Waals surface area contributed by atoms with E-state index in [1.54, 1.807) is 0 Å². The number of carbonyl (C=O) groups excluding carboxylic acids is 2. The SMILES string of the molecule is O=[C]CCCCCCCCCCCNC=O. The molecule has 0 saturated heterocycles. The molecular weight excluding hydrogens is 202 g/mol. The molecule has 0 aromatic heterocycles. The number of unbranched alkanes of at least 4 members (excludes halogenated alkanes) is 9. The van der Waals surface area contributed by atoms with E-state index in [2.05, 4.69) is 5.32 Å². The summed E-state index contributed by atoms with van der Waals surface area (Å²) >= 11 is 0. The summed E-state index contributed by atoms with van der Waals surface area (Å²) in [6, 6.07) is 0. The van der Waals surface area contributed by atoms with E-state index in [1.807, 2.05) is 6.29 Å². The summed E-state index contributed by atoms with van der Waals surface area (Å²) in [6.07, 6.45) is 14.1. The lowest BCUT2D eigenvalue weighted by molar-refractivity contribution is -0.109. The fraction of sp³-hybridized carbons (Fsp3) is 0.846. The maximum Gasteiger partial charge on any atom is 0.207 e. The van der Waals surface area contributed by atoms with Gasteiger partial charge in [0.25, 0.3) is 0 Å². The molecule has 0 rings (SSSR count). The highest BCUT2D eigenvalue weighted by Gasteiger charge is 1.92. The molecule has 93 valence electrons. The minimum Gasteiger partial charge on any atom is -0.359 e. The third-order valence-corrected chi connectivity index (χ3v) is 2.68. The van der Waals surface area contributed by atoms with Crippen molar-refractivity contribution >= 4 is 12.7 Å². The topological polar surface area (TPSA) is 46.2 Å². The number of carbonyl (C=O) groups is 1. The highest BCUT2D eigenvalue weighted by Crippen LogP contribution is 2.09. The van der Waals surface area contributed by atoms with Crippen LogP contribution in [-0.2, 0) is 9.59 Å². The van der Waals surface area contributed by atoms with Gasteiger partial charge in [-0.2, -0.15) is 0 Å². The maximum absolute atomic E-state index is 9.95. The van der Waals surface area contributed by atoms with E-state index >= 15 is 0 Å². The Hall–Kier alpha value is -0.860. The molecule has 0 atom stereocenters. The highest BCUT2D eigenvalue weighted by atomic mass is 16.1. The predicted molar refractivity (Wildman–Crippen MR) is 65.9 cm³/mol. The first-order valence-corrected chi connectivity index (χ1v) is 6.44. The lowest BCUT2D eigenvalue weighted by Crippen LogP contribution is -2.11. The molecule has 0 aliphatic heterocycles. The van der Waals surface area contributed by atoms with Crippen LogP contribution in [0.3, 0.4) is 0 Å². The molecule has 0 aliphatic rings. The summed E-state index contributed by atoms with van der Waals surface area (Å²) in [7, 11) is 0. The fourth-order valence-electron chi connectivity index (χ4n) is 1.72. The minimum absolute atomic E-state index is 0.601. The Morgan fingerprint density at radius 1 is 0.812 bits per heavy atom. The summed E-state index contributed by atoms with van der Waals surface area (Å²) in [5, 5.41) is 2.67. The summed E-state index contributed by atoms with van der Waals surface area (Å²) in [5.74, 6) is 0. The van der Waals surface area contributed by atoms with Crippen molar-refractivity contribution in [1.29, 1.82) is 0 Å². The average molecular weight is 226 g/mol. The van der Waals surface area contributed by atoms with Crippen LogP contribution >= 0.6 is 0 Å². The number of rotatable bonds is 13. The van der Waals surface area contributed by atoms with Crippen molar-refractivity contribution < 1.29 is 9.59 Å². The lowest BCUT2D eigenvalue weighted by Gasteiger charge is -2.01.